The van der Waals surface area contributed by atoms with E-state index < -0.39 is 0 Å². The van der Waals surface area contributed by atoms with Crippen LogP contribution in [0.3, 0.4) is 0 Å². The van der Waals surface area contributed by atoms with Crippen molar-refractivity contribution in [2.45, 2.75) is 39.7 Å². The first-order valence-corrected chi connectivity index (χ1v) is 5.68. The highest BCUT2D eigenvalue weighted by molar-refractivity contribution is 6.13. The van der Waals surface area contributed by atoms with Crippen LogP contribution in [0.4, 0.5) is 0 Å². The van der Waals surface area contributed by atoms with E-state index in [0.29, 0.717) is 18.5 Å². The van der Waals surface area contributed by atoms with E-state index in [0.717, 1.165) is 23.5 Å². The Morgan fingerprint density at radius 3 is 2.88 bits per heavy atom. The van der Waals surface area contributed by atoms with E-state index in [1.165, 1.54) is 0 Å². The number of carbonyl (C=O) groups is 1. The fourth-order valence-corrected chi connectivity index (χ4v) is 2.18. The molecule has 0 amide bonds. The van der Waals surface area contributed by atoms with Crippen LogP contribution in [0.5, 0.6) is 0 Å². The van der Waals surface area contributed by atoms with Gasteiger partial charge in [0.25, 0.3) is 0 Å². The lowest BCUT2D eigenvalue weighted by molar-refractivity contribution is -0.113. The van der Waals surface area contributed by atoms with Gasteiger partial charge in [-0.05, 0) is 19.8 Å². The number of imidazole rings is 1. The molecule has 0 radical (unpaired) electrons. The third-order valence-corrected chi connectivity index (χ3v) is 2.98. The molecular weight excluding hydrogens is 204 g/mol. The fourth-order valence-electron chi connectivity index (χ4n) is 2.18. The molecule has 16 heavy (non-hydrogen) atoms. The molecule has 0 aromatic carbocycles. The Balaban J connectivity index is 2.90. The number of aromatic nitrogens is 2. The van der Waals surface area contributed by atoms with E-state index in [-0.39, 0.29) is 11.5 Å². The van der Waals surface area contributed by atoms with Crippen LogP contribution < -0.4 is 16.4 Å². The summed E-state index contributed by atoms with van der Waals surface area (Å²) in [6, 6.07) is 0. The molecule has 0 saturated carbocycles. The zero-order valence-corrected chi connectivity index (χ0v) is 9.67. The van der Waals surface area contributed by atoms with Gasteiger partial charge in [0.2, 0.25) is 0 Å². The second-order valence-electron chi connectivity index (χ2n) is 4.11. The third kappa shape index (κ3) is 1.64. The zero-order valence-electron chi connectivity index (χ0n) is 9.67. The lowest BCUT2D eigenvalue weighted by Gasteiger charge is -1.95. The Bertz CT molecular complexity index is 590. The van der Waals surface area contributed by atoms with E-state index >= 15 is 0 Å². The molecule has 0 atom stereocenters. The quantitative estimate of drug-likeness (QED) is 0.718. The molecule has 1 N–H and O–H groups in total. The summed E-state index contributed by atoms with van der Waals surface area (Å²) in [5, 5.41) is 1.58. The van der Waals surface area contributed by atoms with E-state index in [1.807, 2.05) is 13.0 Å². The summed E-state index contributed by atoms with van der Waals surface area (Å²) >= 11 is 0. The van der Waals surface area contributed by atoms with Crippen LogP contribution in [0.25, 0.3) is 11.6 Å². The zero-order chi connectivity index (χ0) is 11.7. The highest BCUT2D eigenvalue weighted by Gasteiger charge is 2.15. The number of aromatic amines is 1. The van der Waals surface area contributed by atoms with Gasteiger partial charge in [0, 0.05) is 18.5 Å². The molecule has 4 heteroatoms. The highest BCUT2D eigenvalue weighted by atomic mass is 16.1. The monoisotopic (exact) mass is 220 g/mol. The molecule has 0 spiro atoms. The first kappa shape index (κ1) is 10.9. The largest absolute Gasteiger partial charge is 0.326 e. The van der Waals surface area contributed by atoms with Crippen LogP contribution in [0.1, 0.15) is 33.1 Å². The number of nitrogens with one attached hydrogen (secondary N) is 1. The molecule has 1 aliphatic heterocycles. The van der Waals surface area contributed by atoms with E-state index in [1.54, 1.807) is 11.5 Å². The van der Waals surface area contributed by atoms with Crippen molar-refractivity contribution in [1.82, 2.24) is 9.55 Å². The molecule has 0 unspecified atom stereocenters. The van der Waals surface area contributed by atoms with Gasteiger partial charge in [0.15, 0.2) is 5.78 Å². The first-order chi connectivity index (χ1) is 7.65. The maximum atomic E-state index is 11.8. The van der Waals surface area contributed by atoms with Gasteiger partial charge < -0.3 is 4.98 Å². The van der Waals surface area contributed by atoms with Crippen LogP contribution in [0.15, 0.2) is 4.79 Å². The second kappa shape index (κ2) is 4.12. The number of Topliss-reactive ketones (excluding diaryl/α,β-unsaturated/α-hetero) is 1. The molecule has 0 aliphatic carbocycles. The summed E-state index contributed by atoms with van der Waals surface area (Å²) in [5.74, 6) is 0.149. The van der Waals surface area contributed by atoms with Gasteiger partial charge in [-0.25, -0.2) is 4.79 Å². The number of nitrogens with zero attached hydrogens (tertiary/aromatic N) is 1. The number of rotatable bonds is 1. The van der Waals surface area contributed by atoms with Crippen molar-refractivity contribution in [1.29, 1.82) is 0 Å². The second-order valence-corrected chi connectivity index (χ2v) is 4.11. The minimum atomic E-state index is -0.108. The van der Waals surface area contributed by atoms with Crippen molar-refractivity contribution in [2.75, 3.05) is 0 Å². The van der Waals surface area contributed by atoms with Gasteiger partial charge in [-0.3, -0.25) is 9.36 Å². The maximum absolute atomic E-state index is 11.8. The van der Waals surface area contributed by atoms with Crippen molar-refractivity contribution < 1.29 is 4.79 Å². The van der Waals surface area contributed by atoms with Gasteiger partial charge in [0.05, 0.1) is 10.7 Å². The van der Waals surface area contributed by atoms with Crippen LogP contribution in [0.2, 0.25) is 0 Å². The smallest absolute Gasteiger partial charge is 0.306 e. The fraction of sp³-hybridized carbons (Fsp3) is 0.500. The number of H-pyrrole nitrogens is 1. The van der Waals surface area contributed by atoms with Crippen molar-refractivity contribution in [3.63, 3.8) is 0 Å². The number of hydrogen-bond acceptors (Lipinski definition) is 2. The number of fused-ring (bicyclic) bond motifs is 1. The summed E-state index contributed by atoms with van der Waals surface area (Å²) in [6.07, 6.45) is 4.08. The molecule has 0 bridgehead atoms. The van der Waals surface area contributed by atoms with Gasteiger partial charge in [-0.1, -0.05) is 13.0 Å². The lowest BCUT2D eigenvalue weighted by Crippen LogP contribution is -2.34. The summed E-state index contributed by atoms with van der Waals surface area (Å²) in [4.78, 5) is 26.3. The normalized spacial score (nSPS) is 17.5. The summed E-state index contributed by atoms with van der Waals surface area (Å²) in [5.41, 5.74) is 0.597. The Hall–Kier alpha value is -1.58. The molecule has 1 aromatic rings. The molecule has 86 valence electrons. The van der Waals surface area contributed by atoms with Crippen LogP contribution in [-0.4, -0.2) is 15.3 Å². The molecule has 2 heterocycles. The minimum Gasteiger partial charge on any atom is -0.306 e. The lowest BCUT2D eigenvalue weighted by atomic mass is 10.1. The summed E-state index contributed by atoms with van der Waals surface area (Å²) < 4.78 is 1.68. The van der Waals surface area contributed by atoms with Gasteiger partial charge in [0.1, 0.15) is 0 Å². The molecular formula is C12H16N2O2. The minimum absolute atomic E-state index is 0.108. The molecule has 1 aliphatic rings. The molecule has 1 aromatic heterocycles. The van der Waals surface area contributed by atoms with Gasteiger partial charge in [-0.15, -0.1) is 0 Å². The van der Waals surface area contributed by atoms with E-state index in [4.69, 9.17) is 0 Å². The maximum Gasteiger partial charge on any atom is 0.326 e. The van der Waals surface area contributed by atoms with Gasteiger partial charge in [-0.2, -0.15) is 0 Å². The Morgan fingerprint density at radius 2 is 2.19 bits per heavy atom. The molecule has 4 nitrogen and oxygen atoms in total. The SMILES string of the molecule is CC/C=c1/[nH]c(=O)n2c1=C(C)C(=O)CCC2. The van der Waals surface area contributed by atoms with Crippen molar-refractivity contribution in [3.8, 4) is 0 Å². The van der Waals surface area contributed by atoms with Crippen LogP contribution >= 0.6 is 0 Å². The molecule has 0 saturated heterocycles. The van der Waals surface area contributed by atoms with Crippen molar-refractivity contribution in [2.24, 2.45) is 0 Å². The van der Waals surface area contributed by atoms with E-state index in [2.05, 4.69) is 4.98 Å². The van der Waals surface area contributed by atoms with Crippen molar-refractivity contribution in [3.05, 3.63) is 21.2 Å². The summed E-state index contributed by atoms with van der Waals surface area (Å²) in [7, 11) is 0. The standard InChI is InChI=1S/C12H16N2O2/c1-3-5-9-11-8(2)10(15)6-4-7-14(11)12(16)13-9/h5H,3-4,6-7H2,1-2H3,(H,13,16)/b9-5+. The predicted molar refractivity (Wildman–Crippen MR) is 62.4 cm³/mol. The third-order valence-electron chi connectivity index (χ3n) is 2.98. The number of hydrogen-bond donors (Lipinski definition) is 1. The Morgan fingerprint density at radius 1 is 1.44 bits per heavy atom. The average molecular weight is 220 g/mol. The van der Waals surface area contributed by atoms with Crippen LogP contribution in [-0.2, 0) is 11.3 Å². The van der Waals surface area contributed by atoms with Crippen molar-refractivity contribution >= 4 is 17.4 Å². The van der Waals surface area contributed by atoms with E-state index in [9.17, 15) is 9.59 Å². The predicted octanol–water partition coefficient (Wildman–Crippen LogP) is -0.0996. The molecule has 0 fully saturated rings. The summed E-state index contributed by atoms with van der Waals surface area (Å²) in [6.45, 7) is 4.45. The number of ketones is 1. The highest BCUT2D eigenvalue weighted by Crippen LogP contribution is 2.04. The van der Waals surface area contributed by atoms with Gasteiger partial charge >= 0.3 is 5.69 Å². The van der Waals surface area contributed by atoms with Crippen LogP contribution in [0, 0.1) is 0 Å². The topological polar surface area (TPSA) is 54.9 Å². The average Bonchev–Trinajstić information content (AvgIpc) is 2.46. The Kier molecular flexibility index (Phi) is 2.81. The number of carbonyl (C=O) groups excluding carboxylic acids is 1. The molecule has 2 rings (SSSR count). The Labute approximate surface area is 93.3 Å². The first-order valence-electron chi connectivity index (χ1n) is 5.68.